The summed E-state index contributed by atoms with van der Waals surface area (Å²) in [5.41, 5.74) is 0. The quantitative estimate of drug-likeness (QED) is 0.648. The maximum Gasteiger partial charge on any atom is 0.316 e. The molecule has 0 saturated carbocycles. The van der Waals surface area contributed by atoms with Gasteiger partial charge in [0.1, 0.15) is 0 Å². The number of nitrogens with one attached hydrogen (secondary N) is 2. The molecule has 2 amide bonds. The summed E-state index contributed by atoms with van der Waals surface area (Å²) in [7, 11) is 3.52. The first-order valence-corrected chi connectivity index (χ1v) is 4.86. The first-order valence-electron chi connectivity index (χ1n) is 4.86. The van der Waals surface area contributed by atoms with Crippen molar-refractivity contribution >= 4 is 6.03 Å². The van der Waals surface area contributed by atoms with Crippen molar-refractivity contribution in [2.24, 2.45) is 5.92 Å². The van der Waals surface area contributed by atoms with Gasteiger partial charge in [0.15, 0.2) is 0 Å². The summed E-state index contributed by atoms with van der Waals surface area (Å²) in [6.45, 7) is 2.95. The van der Waals surface area contributed by atoms with Crippen molar-refractivity contribution in [3.63, 3.8) is 0 Å². The Morgan fingerprint density at radius 2 is 2.38 bits per heavy atom. The topological polar surface area (TPSA) is 44.4 Å². The minimum Gasteiger partial charge on any atom is -0.338 e. The molecule has 0 bridgehead atoms. The van der Waals surface area contributed by atoms with Gasteiger partial charge in [0.05, 0.1) is 0 Å². The summed E-state index contributed by atoms with van der Waals surface area (Å²) in [5, 5.41) is 6.22. The summed E-state index contributed by atoms with van der Waals surface area (Å²) in [6.07, 6.45) is 2.45. The van der Waals surface area contributed by atoms with E-state index in [0.29, 0.717) is 5.92 Å². The molecule has 4 heteroatoms. The third-order valence-electron chi connectivity index (χ3n) is 2.35. The summed E-state index contributed by atoms with van der Waals surface area (Å²) in [6, 6.07) is 0.00516. The van der Waals surface area contributed by atoms with Gasteiger partial charge in [0.25, 0.3) is 0 Å². The van der Waals surface area contributed by atoms with E-state index >= 15 is 0 Å². The van der Waals surface area contributed by atoms with Crippen molar-refractivity contribution in [2.45, 2.75) is 12.8 Å². The fourth-order valence-corrected chi connectivity index (χ4v) is 1.49. The van der Waals surface area contributed by atoms with Crippen LogP contribution in [-0.4, -0.2) is 44.7 Å². The molecule has 0 aliphatic carbocycles. The molecule has 13 heavy (non-hydrogen) atoms. The summed E-state index contributed by atoms with van der Waals surface area (Å²) >= 11 is 0. The number of hydrogen-bond donors (Lipinski definition) is 2. The van der Waals surface area contributed by atoms with Crippen LogP contribution in [0.2, 0.25) is 0 Å². The second kappa shape index (κ2) is 5.07. The Labute approximate surface area is 79.7 Å². The van der Waals surface area contributed by atoms with E-state index < -0.39 is 0 Å². The molecule has 4 nitrogen and oxygen atoms in total. The van der Waals surface area contributed by atoms with E-state index in [4.69, 9.17) is 0 Å². The average Bonchev–Trinajstić information content (AvgIpc) is 2.15. The van der Waals surface area contributed by atoms with Crippen molar-refractivity contribution < 1.29 is 4.79 Å². The van der Waals surface area contributed by atoms with Crippen molar-refractivity contribution in [3.8, 4) is 0 Å². The fourth-order valence-electron chi connectivity index (χ4n) is 1.49. The van der Waals surface area contributed by atoms with E-state index in [1.54, 1.807) is 19.0 Å². The van der Waals surface area contributed by atoms with E-state index in [1.807, 2.05) is 0 Å². The Kier molecular flexibility index (Phi) is 4.02. The third kappa shape index (κ3) is 3.63. The number of carbonyl (C=O) groups excluding carboxylic acids is 1. The number of hydrogen-bond acceptors (Lipinski definition) is 2. The minimum absolute atomic E-state index is 0.00516. The number of piperidine rings is 1. The molecule has 2 N–H and O–H groups in total. The van der Waals surface area contributed by atoms with Crippen LogP contribution in [0, 0.1) is 5.92 Å². The van der Waals surface area contributed by atoms with Crippen LogP contribution < -0.4 is 10.6 Å². The standard InChI is InChI=1S/C9H19N3O/c1-12(2)9(13)11-7-8-4-3-5-10-6-8/h8,10H,3-7H2,1-2H3,(H,11,13). The number of rotatable bonds is 2. The van der Waals surface area contributed by atoms with Gasteiger partial charge in [0.2, 0.25) is 0 Å². The SMILES string of the molecule is CN(C)C(=O)NCC1CCCNC1. The van der Waals surface area contributed by atoms with Crippen molar-refractivity contribution in [2.75, 3.05) is 33.7 Å². The highest BCUT2D eigenvalue weighted by atomic mass is 16.2. The number of nitrogens with zero attached hydrogens (tertiary/aromatic N) is 1. The molecule has 1 saturated heterocycles. The van der Waals surface area contributed by atoms with Gasteiger partial charge >= 0.3 is 6.03 Å². The zero-order valence-corrected chi connectivity index (χ0v) is 8.47. The molecule has 0 spiro atoms. The number of amides is 2. The molecule has 1 aliphatic heterocycles. The predicted octanol–water partition coefficient (Wildman–Crippen LogP) is 0.257. The predicted molar refractivity (Wildman–Crippen MR) is 52.7 cm³/mol. The first-order chi connectivity index (χ1) is 6.20. The van der Waals surface area contributed by atoms with Gasteiger partial charge < -0.3 is 15.5 Å². The van der Waals surface area contributed by atoms with Crippen molar-refractivity contribution in [1.29, 1.82) is 0 Å². The lowest BCUT2D eigenvalue weighted by atomic mass is 10.00. The molecule has 0 aromatic carbocycles. The molecule has 0 radical (unpaired) electrons. The summed E-state index contributed by atoms with van der Waals surface area (Å²) < 4.78 is 0. The highest BCUT2D eigenvalue weighted by Gasteiger charge is 2.13. The zero-order chi connectivity index (χ0) is 9.68. The highest BCUT2D eigenvalue weighted by Crippen LogP contribution is 2.07. The maximum atomic E-state index is 11.2. The smallest absolute Gasteiger partial charge is 0.316 e. The Morgan fingerprint density at radius 1 is 1.62 bits per heavy atom. The second-order valence-corrected chi connectivity index (χ2v) is 3.79. The van der Waals surface area contributed by atoms with Gasteiger partial charge in [-0.25, -0.2) is 4.79 Å². The van der Waals surface area contributed by atoms with Gasteiger partial charge in [0, 0.05) is 20.6 Å². The molecule has 76 valence electrons. The Bertz CT molecular complexity index is 164. The Morgan fingerprint density at radius 3 is 2.92 bits per heavy atom. The number of urea groups is 1. The fraction of sp³-hybridized carbons (Fsp3) is 0.889. The second-order valence-electron chi connectivity index (χ2n) is 3.79. The molecular formula is C9H19N3O. The van der Waals surface area contributed by atoms with E-state index in [2.05, 4.69) is 10.6 Å². The Balaban J connectivity index is 2.13. The highest BCUT2D eigenvalue weighted by molar-refractivity contribution is 5.73. The first kappa shape index (κ1) is 10.3. The van der Waals surface area contributed by atoms with Crippen LogP contribution in [0.4, 0.5) is 4.79 Å². The van der Waals surface area contributed by atoms with E-state index in [1.165, 1.54) is 12.8 Å². The molecule has 0 aromatic rings. The molecule has 0 aromatic heterocycles. The third-order valence-corrected chi connectivity index (χ3v) is 2.35. The Hall–Kier alpha value is -0.770. The molecule has 1 aliphatic rings. The van der Waals surface area contributed by atoms with Gasteiger partial charge in [-0.3, -0.25) is 0 Å². The molecule has 1 unspecified atom stereocenters. The summed E-state index contributed by atoms with van der Waals surface area (Å²) in [4.78, 5) is 12.7. The van der Waals surface area contributed by atoms with E-state index in [-0.39, 0.29) is 6.03 Å². The molecule has 1 fully saturated rings. The average molecular weight is 185 g/mol. The molecule has 1 rings (SSSR count). The van der Waals surface area contributed by atoms with Crippen molar-refractivity contribution in [3.05, 3.63) is 0 Å². The monoisotopic (exact) mass is 185 g/mol. The number of carbonyl (C=O) groups is 1. The molecule has 1 heterocycles. The minimum atomic E-state index is 0.00516. The zero-order valence-electron chi connectivity index (χ0n) is 8.47. The summed E-state index contributed by atoms with van der Waals surface area (Å²) in [5.74, 6) is 0.609. The van der Waals surface area contributed by atoms with Crippen LogP contribution in [0.25, 0.3) is 0 Å². The van der Waals surface area contributed by atoms with E-state index in [9.17, 15) is 4.79 Å². The van der Waals surface area contributed by atoms with Gasteiger partial charge in [-0.2, -0.15) is 0 Å². The largest absolute Gasteiger partial charge is 0.338 e. The van der Waals surface area contributed by atoms with Crippen LogP contribution in [0.1, 0.15) is 12.8 Å². The van der Waals surface area contributed by atoms with Crippen LogP contribution >= 0.6 is 0 Å². The lowest BCUT2D eigenvalue weighted by Gasteiger charge is -2.23. The van der Waals surface area contributed by atoms with Gasteiger partial charge in [-0.1, -0.05) is 0 Å². The van der Waals surface area contributed by atoms with Crippen LogP contribution in [0.15, 0.2) is 0 Å². The van der Waals surface area contributed by atoms with E-state index in [0.717, 1.165) is 19.6 Å². The molecular weight excluding hydrogens is 166 g/mol. The van der Waals surface area contributed by atoms with Gasteiger partial charge in [-0.05, 0) is 31.8 Å². The lowest BCUT2D eigenvalue weighted by molar-refractivity contribution is 0.214. The van der Waals surface area contributed by atoms with Crippen LogP contribution in [-0.2, 0) is 0 Å². The van der Waals surface area contributed by atoms with Gasteiger partial charge in [-0.15, -0.1) is 0 Å². The van der Waals surface area contributed by atoms with Crippen LogP contribution in [0.3, 0.4) is 0 Å². The van der Waals surface area contributed by atoms with Crippen molar-refractivity contribution in [1.82, 2.24) is 15.5 Å². The maximum absolute atomic E-state index is 11.2. The normalized spacial score (nSPS) is 22.5. The lowest BCUT2D eigenvalue weighted by Crippen LogP contribution is -2.41. The van der Waals surface area contributed by atoms with Crippen LogP contribution in [0.5, 0.6) is 0 Å². The molecule has 1 atom stereocenters.